The molecule has 30 heavy (non-hydrogen) atoms. The molecule has 2 unspecified atom stereocenters. The van der Waals surface area contributed by atoms with E-state index in [4.69, 9.17) is 10.8 Å². The summed E-state index contributed by atoms with van der Waals surface area (Å²) in [6.07, 6.45) is 5.23. The van der Waals surface area contributed by atoms with Crippen molar-refractivity contribution in [1.82, 2.24) is 15.1 Å². The first-order valence-electron chi connectivity index (χ1n) is 10.0. The second-order valence-corrected chi connectivity index (χ2v) is 7.57. The number of rotatable bonds is 6. The minimum atomic E-state index is -0.301. The van der Waals surface area contributed by atoms with Crippen molar-refractivity contribution < 1.29 is 9.18 Å². The Morgan fingerprint density at radius 3 is 2.57 bits per heavy atom. The molecule has 1 aliphatic rings. The zero-order valence-electron chi connectivity index (χ0n) is 16.6. The number of nitrogens with zero attached hydrogens (tertiary/aromatic N) is 2. The number of hydrogen-bond acceptors (Lipinski definition) is 3. The second-order valence-electron chi connectivity index (χ2n) is 7.57. The van der Waals surface area contributed by atoms with Gasteiger partial charge in [0.25, 0.3) is 0 Å². The summed E-state index contributed by atoms with van der Waals surface area (Å²) in [7, 11) is 0. The van der Waals surface area contributed by atoms with Gasteiger partial charge < -0.3 is 11.1 Å². The minimum Gasteiger partial charge on any atom is -0.353 e. The van der Waals surface area contributed by atoms with Crippen LogP contribution in [0.2, 0.25) is 0 Å². The number of nitrogens with two attached hydrogens (primary N) is 1. The van der Waals surface area contributed by atoms with Crippen LogP contribution in [-0.2, 0) is 11.2 Å². The standard InChI is InChI=1S/C23H25FN4O.ClH/c24-19-11-9-16(10-12-19)23-18(15-28(27-23)20-6-2-1-3-7-20)13-22(29)26-21-8-4-5-17(21)14-25;/h1-3,6-7,9-12,15,17,21H,4-5,8,13-14,25H2,(H,26,29);1H. The lowest BCUT2D eigenvalue weighted by atomic mass is 10.0. The van der Waals surface area contributed by atoms with Crippen LogP contribution in [0.4, 0.5) is 4.39 Å². The highest BCUT2D eigenvalue weighted by Crippen LogP contribution is 2.26. The van der Waals surface area contributed by atoms with Gasteiger partial charge in [-0.2, -0.15) is 5.10 Å². The molecular weight excluding hydrogens is 403 g/mol. The fraction of sp³-hybridized carbons (Fsp3) is 0.304. The maximum Gasteiger partial charge on any atom is 0.224 e. The highest BCUT2D eigenvalue weighted by Gasteiger charge is 2.27. The lowest BCUT2D eigenvalue weighted by Gasteiger charge is -2.19. The number of halogens is 2. The number of benzene rings is 2. The Hall–Kier alpha value is -2.70. The first-order chi connectivity index (χ1) is 14.1. The third-order valence-electron chi connectivity index (χ3n) is 5.59. The van der Waals surface area contributed by atoms with Crippen LogP contribution >= 0.6 is 12.4 Å². The van der Waals surface area contributed by atoms with Crippen LogP contribution in [-0.4, -0.2) is 28.3 Å². The van der Waals surface area contributed by atoms with Crippen molar-refractivity contribution >= 4 is 18.3 Å². The Morgan fingerprint density at radius 2 is 1.87 bits per heavy atom. The molecule has 7 heteroatoms. The van der Waals surface area contributed by atoms with Crippen LogP contribution < -0.4 is 11.1 Å². The molecule has 0 saturated heterocycles. The molecule has 1 saturated carbocycles. The number of amides is 1. The summed E-state index contributed by atoms with van der Waals surface area (Å²) >= 11 is 0. The average molecular weight is 429 g/mol. The van der Waals surface area contributed by atoms with E-state index >= 15 is 0 Å². The smallest absolute Gasteiger partial charge is 0.224 e. The van der Waals surface area contributed by atoms with E-state index in [-0.39, 0.29) is 36.6 Å². The van der Waals surface area contributed by atoms with E-state index in [0.717, 1.165) is 36.1 Å². The number of carbonyl (C=O) groups is 1. The van der Waals surface area contributed by atoms with Crippen molar-refractivity contribution in [3.8, 4) is 16.9 Å². The van der Waals surface area contributed by atoms with Gasteiger partial charge in [0.05, 0.1) is 17.8 Å². The molecule has 0 spiro atoms. The van der Waals surface area contributed by atoms with Gasteiger partial charge in [0, 0.05) is 23.4 Å². The molecule has 1 aromatic heterocycles. The second kappa shape index (κ2) is 9.87. The number of nitrogens with one attached hydrogen (secondary N) is 1. The Bertz CT molecular complexity index is 975. The molecule has 1 fully saturated rings. The molecule has 3 N–H and O–H groups in total. The van der Waals surface area contributed by atoms with Crippen LogP contribution in [0, 0.1) is 11.7 Å². The largest absolute Gasteiger partial charge is 0.353 e. The summed E-state index contributed by atoms with van der Waals surface area (Å²) in [5.74, 6) is 0.0125. The molecule has 1 aliphatic carbocycles. The van der Waals surface area contributed by atoms with Gasteiger partial charge in [-0.15, -0.1) is 12.4 Å². The summed E-state index contributed by atoms with van der Waals surface area (Å²) in [6, 6.07) is 16.1. The first-order valence-corrected chi connectivity index (χ1v) is 10.0. The van der Waals surface area contributed by atoms with Crippen molar-refractivity contribution in [2.24, 2.45) is 11.7 Å². The normalized spacial score (nSPS) is 18.1. The molecule has 2 atom stereocenters. The van der Waals surface area contributed by atoms with E-state index in [1.54, 1.807) is 16.8 Å². The third kappa shape index (κ3) is 4.89. The van der Waals surface area contributed by atoms with E-state index in [1.165, 1.54) is 12.1 Å². The molecule has 0 aliphatic heterocycles. The number of aromatic nitrogens is 2. The van der Waals surface area contributed by atoms with Crippen molar-refractivity contribution in [3.63, 3.8) is 0 Å². The Labute approximate surface area is 181 Å². The third-order valence-corrected chi connectivity index (χ3v) is 5.59. The van der Waals surface area contributed by atoms with Crippen LogP contribution in [0.15, 0.2) is 60.8 Å². The maximum absolute atomic E-state index is 13.4. The van der Waals surface area contributed by atoms with Crippen molar-refractivity contribution in [1.29, 1.82) is 0 Å². The maximum atomic E-state index is 13.4. The molecule has 0 radical (unpaired) electrons. The van der Waals surface area contributed by atoms with Gasteiger partial charge in [-0.05, 0) is 61.7 Å². The monoisotopic (exact) mass is 428 g/mol. The van der Waals surface area contributed by atoms with Gasteiger partial charge in [-0.1, -0.05) is 24.6 Å². The fourth-order valence-corrected chi connectivity index (χ4v) is 4.04. The van der Waals surface area contributed by atoms with E-state index in [9.17, 15) is 9.18 Å². The van der Waals surface area contributed by atoms with Crippen molar-refractivity contribution in [2.45, 2.75) is 31.7 Å². The SMILES string of the molecule is Cl.NCC1CCCC1NC(=O)Cc1cn(-c2ccccc2)nc1-c1ccc(F)cc1. The summed E-state index contributed by atoms with van der Waals surface area (Å²) < 4.78 is 15.1. The van der Waals surface area contributed by atoms with Gasteiger partial charge in [0.15, 0.2) is 0 Å². The molecule has 4 rings (SSSR count). The fourth-order valence-electron chi connectivity index (χ4n) is 4.04. The number of carbonyl (C=O) groups excluding carboxylic acids is 1. The average Bonchev–Trinajstić information content (AvgIpc) is 3.36. The summed E-state index contributed by atoms with van der Waals surface area (Å²) in [5.41, 5.74) is 9.02. The molecule has 2 aromatic carbocycles. The molecule has 158 valence electrons. The molecule has 0 bridgehead atoms. The lowest BCUT2D eigenvalue weighted by molar-refractivity contribution is -0.121. The quantitative estimate of drug-likeness (QED) is 0.625. The number of hydrogen-bond donors (Lipinski definition) is 2. The highest BCUT2D eigenvalue weighted by molar-refractivity contribution is 5.85. The van der Waals surface area contributed by atoms with E-state index in [1.807, 2.05) is 36.5 Å². The molecule has 3 aromatic rings. The summed E-state index contributed by atoms with van der Waals surface area (Å²) in [4.78, 5) is 12.8. The Balaban J connectivity index is 0.00000256. The summed E-state index contributed by atoms with van der Waals surface area (Å²) in [5, 5.41) is 7.84. The van der Waals surface area contributed by atoms with Crippen LogP contribution in [0.1, 0.15) is 24.8 Å². The van der Waals surface area contributed by atoms with Gasteiger partial charge in [-0.3, -0.25) is 4.79 Å². The zero-order chi connectivity index (χ0) is 20.2. The predicted octanol–water partition coefficient (Wildman–Crippen LogP) is 3.89. The van der Waals surface area contributed by atoms with E-state index < -0.39 is 0 Å². The van der Waals surface area contributed by atoms with Crippen molar-refractivity contribution in [2.75, 3.05) is 6.54 Å². The summed E-state index contributed by atoms with van der Waals surface area (Å²) in [6.45, 7) is 0.595. The van der Waals surface area contributed by atoms with E-state index in [0.29, 0.717) is 18.2 Å². The Kier molecular flexibility index (Phi) is 7.24. The topological polar surface area (TPSA) is 72.9 Å². The molecule has 1 heterocycles. The van der Waals surface area contributed by atoms with Crippen LogP contribution in [0.25, 0.3) is 16.9 Å². The first kappa shape index (κ1) is 22.0. The van der Waals surface area contributed by atoms with Gasteiger partial charge in [0.2, 0.25) is 5.91 Å². The lowest BCUT2D eigenvalue weighted by Crippen LogP contribution is -2.40. The molecule has 5 nitrogen and oxygen atoms in total. The Morgan fingerprint density at radius 1 is 1.13 bits per heavy atom. The van der Waals surface area contributed by atoms with Crippen LogP contribution in [0.3, 0.4) is 0 Å². The highest BCUT2D eigenvalue weighted by atomic mass is 35.5. The van der Waals surface area contributed by atoms with Gasteiger partial charge >= 0.3 is 0 Å². The zero-order valence-corrected chi connectivity index (χ0v) is 17.4. The minimum absolute atomic E-state index is 0. The molecular formula is C23H26ClFN4O. The van der Waals surface area contributed by atoms with Gasteiger partial charge in [-0.25, -0.2) is 9.07 Å². The van der Waals surface area contributed by atoms with Crippen LogP contribution in [0.5, 0.6) is 0 Å². The number of para-hydroxylation sites is 1. The predicted molar refractivity (Wildman–Crippen MR) is 118 cm³/mol. The van der Waals surface area contributed by atoms with Crippen molar-refractivity contribution in [3.05, 3.63) is 72.2 Å². The molecule has 1 amide bonds. The van der Waals surface area contributed by atoms with Gasteiger partial charge in [0.1, 0.15) is 5.82 Å². The van der Waals surface area contributed by atoms with E-state index in [2.05, 4.69) is 5.32 Å².